The average Bonchev–Trinajstić information content (AvgIpc) is 3.27. The lowest BCUT2D eigenvalue weighted by molar-refractivity contribution is -0.144. The number of fused-ring (bicyclic) bond motifs is 5. The lowest BCUT2D eigenvalue weighted by Gasteiger charge is -2.44. The predicted molar refractivity (Wildman–Crippen MR) is 133 cm³/mol. The number of piperidine rings is 1. The van der Waals surface area contributed by atoms with Gasteiger partial charge in [0.15, 0.2) is 0 Å². The molecular weight excluding hydrogens is 442 g/mol. The first-order valence-corrected chi connectivity index (χ1v) is 12.0. The fourth-order valence-electron chi connectivity index (χ4n) is 5.81. The number of aromatic nitrogens is 2. The second-order valence-electron chi connectivity index (χ2n) is 9.62. The summed E-state index contributed by atoms with van der Waals surface area (Å²) in [5, 5.41) is 11.2. The van der Waals surface area contributed by atoms with E-state index in [2.05, 4.69) is 9.88 Å². The van der Waals surface area contributed by atoms with Gasteiger partial charge in [-0.2, -0.15) is 0 Å². The van der Waals surface area contributed by atoms with Crippen LogP contribution in [0.3, 0.4) is 0 Å². The van der Waals surface area contributed by atoms with Gasteiger partial charge in [0.25, 0.3) is 5.56 Å². The van der Waals surface area contributed by atoms with Gasteiger partial charge in [0, 0.05) is 60.0 Å². The monoisotopic (exact) mass is 469 g/mol. The van der Waals surface area contributed by atoms with E-state index in [4.69, 9.17) is 4.74 Å². The Morgan fingerprint density at radius 1 is 1.06 bits per heavy atom. The minimum absolute atomic E-state index is 0.0279. The number of pyridine rings is 1. The van der Waals surface area contributed by atoms with Crippen LogP contribution in [0.15, 0.2) is 77.7 Å². The van der Waals surface area contributed by atoms with Crippen molar-refractivity contribution in [3.8, 4) is 5.75 Å². The number of H-pyrrole nitrogens is 1. The van der Waals surface area contributed by atoms with Crippen molar-refractivity contribution in [2.45, 2.75) is 31.5 Å². The van der Waals surface area contributed by atoms with Crippen molar-refractivity contribution < 1.29 is 14.6 Å². The summed E-state index contributed by atoms with van der Waals surface area (Å²) in [6.45, 7) is 2.33. The Hall–Kier alpha value is -3.84. The summed E-state index contributed by atoms with van der Waals surface area (Å²) >= 11 is 0. The zero-order valence-corrected chi connectivity index (χ0v) is 19.3. The maximum absolute atomic E-state index is 12.6. The highest BCUT2D eigenvalue weighted by atomic mass is 16.5. The molecule has 7 nitrogen and oxygen atoms in total. The number of nitrogens with one attached hydrogen (secondary N) is 1. The minimum atomic E-state index is -0.869. The van der Waals surface area contributed by atoms with Crippen molar-refractivity contribution in [1.29, 1.82) is 0 Å². The van der Waals surface area contributed by atoms with E-state index in [0.717, 1.165) is 34.1 Å². The molecule has 3 atom stereocenters. The quantitative estimate of drug-likeness (QED) is 0.443. The molecule has 0 saturated carbocycles. The number of hydrogen-bond acceptors (Lipinski definition) is 4. The van der Waals surface area contributed by atoms with Crippen molar-refractivity contribution in [3.05, 3.63) is 100 Å². The number of rotatable bonds is 6. The number of carbonyl (C=O) groups is 1. The largest absolute Gasteiger partial charge is 0.489 e. The smallest absolute Gasteiger partial charge is 0.325 e. The molecule has 0 amide bonds. The van der Waals surface area contributed by atoms with E-state index in [9.17, 15) is 14.7 Å². The van der Waals surface area contributed by atoms with Crippen LogP contribution < -0.4 is 10.3 Å². The number of aromatic amines is 1. The van der Waals surface area contributed by atoms with Gasteiger partial charge in [-0.25, -0.2) is 0 Å². The number of aliphatic carboxylic acids is 1. The summed E-state index contributed by atoms with van der Waals surface area (Å²) in [4.78, 5) is 30.3. The molecule has 7 heteroatoms. The Morgan fingerprint density at radius 3 is 2.74 bits per heavy atom. The summed E-state index contributed by atoms with van der Waals surface area (Å²) in [6, 6.07) is 20.4. The molecule has 35 heavy (non-hydrogen) atoms. The third kappa shape index (κ3) is 4.02. The lowest BCUT2D eigenvalue weighted by atomic mass is 9.82. The molecule has 1 fully saturated rings. The van der Waals surface area contributed by atoms with Crippen molar-refractivity contribution in [2.75, 3.05) is 13.1 Å². The van der Waals surface area contributed by atoms with E-state index in [1.807, 2.05) is 65.4 Å². The first-order valence-electron chi connectivity index (χ1n) is 12.0. The number of ether oxygens (including phenoxy) is 1. The molecule has 6 rings (SSSR count). The van der Waals surface area contributed by atoms with Gasteiger partial charge in [-0.15, -0.1) is 0 Å². The number of carboxylic acids is 1. The molecule has 178 valence electrons. The zero-order valence-electron chi connectivity index (χ0n) is 19.3. The van der Waals surface area contributed by atoms with Gasteiger partial charge in [0.1, 0.15) is 18.4 Å². The van der Waals surface area contributed by atoms with E-state index in [1.165, 1.54) is 0 Å². The Labute approximate surface area is 202 Å². The highest BCUT2D eigenvalue weighted by Crippen LogP contribution is 2.40. The van der Waals surface area contributed by atoms with Gasteiger partial charge in [-0.05, 0) is 42.2 Å². The highest BCUT2D eigenvalue weighted by Gasteiger charge is 2.40. The summed E-state index contributed by atoms with van der Waals surface area (Å²) in [6.07, 6.45) is 2.80. The van der Waals surface area contributed by atoms with Crippen LogP contribution in [0.1, 0.15) is 35.2 Å². The molecule has 2 bridgehead atoms. The Kier molecular flexibility index (Phi) is 5.41. The second kappa shape index (κ2) is 8.74. The van der Waals surface area contributed by atoms with E-state index in [0.29, 0.717) is 32.0 Å². The number of nitrogens with zero attached hydrogens (tertiary/aromatic N) is 2. The van der Waals surface area contributed by atoms with Crippen LogP contribution in [0.5, 0.6) is 5.75 Å². The van der Waals surface area contributed by atoms with E-state index in [1.54, 1.807) is 12.1 Å². The van der Waals surface area contributed by atoms with Gasteiger partial charge < -0.3 is 19.4 Å². The van der Waals surface area contributed by atoms with Crippen LogP contribution >= 0.6 is 0 Å². The van der Waals surface area contributed by atoms with Crippen molar-refractivity contribution in [1.82, 2.24) is 14.5 Å². The SMILES string of the molecule is O=C(O)C(c1c[nH]c2ccc(OCc3ccccc3)cc12)N1C[C@@H]2C[C@H](C1)c1cccc(=O)n1C2. The molecule has 0 spiro atoms. The standard InChI is InChI=1S/C28H27N3O4/c32-26-8-4-7-25-20-11-19(15-31(25)26)14-30(16-20)27(28(33)34)23-13-29-24-10-9-21(12-22(23)24)35-17-18-5-2-1-3-6-18/h1-10,12-13,19-20,27,29H,11,14-17H2,(H,33,34)/t19-,20+,27?/m0/s1. The Morgan fingerprint density at radius 2 is 1.91 bits per heavy atom. The number of benzene rings is 2. The second-order valence-corrected chi connectivity index (χ2v) is 9.62. The van der Waals surface area contributed by atoms with E-state index < -0.39 is 12.0 Å². The maximum atomic E-state index is 12.6. The Balaban J connectivity index is 1.30. The van der Waals surface area contributed by atoms with Gasteiger partial charge in [0.2, 0.25) is 0 Å². The summed E-state index contributed by atoms with van der Waals surface area (Å²) in [5.41, 5.74) is 3.73. The average molecular weight is 470 g/mol. The van der Waals surface area contributed by atoms with Crippen LogP contribution in [-0.2, 0) is 17.9 Å². The van der Waals surface area contributed by atoms with Gasteiger partial charge in [-0.3, -0.25) is 14.5 Å². The van der Waals surface area contributed by atoms with Crippen LogP contribution in [0, 0.1) is 5.92 Å². The van der Waals surface area contributed by atoms with Gasteiger partial charge in [0.05, 0.1) is 0 Å². The van der Waals surface area contributed by atoms with Crippen molar-refractivity contribution in [3.63, 3.8) is 0 Å². The first-order chi connectivity index (χ1) is 17.1. The molecule has 0 aliphatic carbocycles. The molecule has 2 aliphatic heterocycles. The highest BCUT2D eigenvalue weighted by molar-refractivity contribution is 5.90. The van der Waals surface area contributed by atoms with Gasteiger partial charge in [-0.1, -0.05) is 36.4 Å². The minimum Gasteiger partial charge on any atom is -0.489 e. The van der Waals surface area contributed by atoms with E-state index >= 15 is 0 Å². The van der Waals surface area contributed by atoms with Crippen LogP contribution in [0.4, 0.5) is 0 Å². The molecule has 2 aromatic carbocycles. The topological polar surface area (TPSA) is 87.6 Å². The molecule has 0 radical (unpaired) electrons. The fourth-order valence-corrected chi connectivity index (χ4v) is 5.81. The lowest BCUT2D eigenvalue weighted by Crippen LogP contribution is -2.49. The van der Waals surface area contributed by atoms with Gasteiger partial charge >= 0.3 is 5.97 Å². The predicted octanol–water partition coefficient (Wildman–Crippen LogP) is 4.15. The molecule has 1 saturated heterocycles. The summed E-state index contributed by atoms with van der Waals surface area (Å²) < 4.78 is 7.88. The van der Waals surface area contributed by atoms with Crippen LogP contribution in [-0.4, -0.2) is 38.6 Å². The normalized spacial score (nSPS) is 20.3. The molecule has 2 aliphatic rings. The van der Waals surface area contributed by atoms with E-state index in [-0.39, 0.29) is 17.4 Å². The van der Waals surface area contributed by atoms with Crippen LogP contribution in [0.2, 0.25) is 0 Å². The first kappa shape index (κ1) is 21.7. The summed E-state index contributed by atoms with van der Waals surface area (Å²) in [5.74, 6) is 0.230. The molecule has 2 aromatic heterocycles. The molecule has 2 N–H and O–H groups in total. The third-order valence-electron chi connectivity index (χ3n) is 7.34. The molecular formula is C28H27N3O4. The van der Waals surface area contributed by atoms with Crippen molar-refractivity contribution in [2.24, 2.45) is 5.92 Å². The molecule has 1 unspecified atom stereocenters. The number of hydrogen-bond donors (Lipinski definition) is 2. The fraction of sp³-hybridized carbons (Fsp3) is 0.286. The van der Waals surface area contributed by atoms with Crippen molar-refractivity contribution >= 4 is 16.9 Å². The maximum Gasteiger partial charge on any atom is 0.325 e. The third-order valence-corrected chi connectivity index (χ3v) is 7.34. The molecule has 4 aromatic rings. The molecule has 4 heterocycles. The summed E-state index contributed by atoms with van der Waals surface area (Å²) in [7, 11) is 0. The number of likely N-dealkylation sites (tertiary alicyclic amines) is 1. The zero-order chi connectivity index (χ0) is 23.9. The van der Waals surface area contributed by atoms with Crippen LogP contribution in [0.25, 0.3) is 10.9 Å². The Bertz CT molecular complexity index is 1440. The number of carboxylic acid groups (broad SMARTS) is 1.